The molecule has 1 saturated carbocycles. The van der Waals surface area contributed by atoms with Crippen LogP contribution in [0.15, 0.2) is 18.2 Å². The highest BCUT2D eigenvalue weighted by molar-refractivity contribution is 5.58. The standard InChI is InChI=1S/C27H46N2O2/c1-7-8-11-28-12-14-29(15-13-28)25-10-9-23(31-17-16-30-6)18-24(25)22-19-26(2,3)21-27(4,5)20-22/h9-10,18,22H,7-8,11-17,19-21H2,1-6H3. The molecule has 0 bridgehead atoms. The summed E-state index contributed by atoms with van der Waals surface area (Å²) in [7, 11) is 1.73. The quantitative estimate of drug-likeness (QED) is 0.452. The Balaban J connectivity index is 1.83. The summed E-state index contributed by atoms with van der Waals surface area (Å²) in [5.41, 5.74) is 3.68. The molecule has 1 aliphatic carbocycles. The van der Waals surface area contributed by atoms with Gasteiger partial charge in [0.25, 0.3) is 0 Å². The third kappa shape index (κ3) is 6.86. The van der Waals surface area contributed by atoms with E-state index in [1.54, 1.807) is 7.11 Å². The van der Waals surface area contributed by atoms with Crippen molar-refractivity contribution in [2.75, 3.05) is 57.9 Å². The van der Waals surface area contributed by atoms with E-state index < -0.39 is 0 Å². The van der Waals surface area contributed by atoms with Crippen LogP contribution >= 0.6 is 0 Å². The van der Waals surface area contributed by atoms with Gasteiger partial charge in [-0.05, 0) is 72.7 Å². The topological polar surface area (TPSA) is 24.9 Å². The maximum Gasteiger partial charge on any atom is 0.119 e. The molecule has 3 rings (SSSR count). The van der Waals surface area contributed by atoms with Gasteiger partial charge in [0, 0.05) is 39.0 Å². The van der Waals surface area contributed by atoms with Crippen LogP contribution in [-0.4, -0.2) is 57.9 Å². The van der Waals surface area contributed by atoms with Gasteiger partial charge in [0.1, 0.15) is 12.4 Å². The number of unbranched alkanes of at least 4 members (excludes halogenated alkanes) is 1. The summed E-state index contributed by atoms with van der Waals surface area (Å²) < 4.78 is 11.2. The molecule has 0 unspecified atom stereocenters. The van der Waals surface area contributed by atoms with Crippen LogP contribution in [0, 0.1) is 10.8 Å². The van der Waals surface area contributed by atoms with Crippen LogP contribution < -0.4 is 9.64 Å². The number of benzene rings is 1. The van der Waals surface area contributed by atoms with Crippen LogP contribution in [0.25, 0.3) is 0 Å². The molecule has 2 fully saturated rings. The summed E-state index contributed by atoms with van der Waals surface area (Å²) in [6, 6.07) is 6.83. The molecule has 31 heavy (non-hydrogen) atoms. The molecule has 0 amide bonds. The first-order chi connectivity index (χ1) is 14.7. The van der Waals surface area contributed by atoms with E-state index >= 15 is 0 Å². The minimum Gasteiger partial charge on any atom is -0.491 e. The molecular formula is C27H46N2O2. The number of ether oxygens (including phenoxy) is 2. The average molecular weight is 431 g/mol. The molecule has 0 radical (unpaired) electrons. The Morgan fingerprint density at radius 2 is 1.65 bits per heavy atom. The van der Waals surface area contributed by atoms with E-state index in [0.29, 0.717) is 30.0 Å². The predicted octanol–water partition coefficient (Wildman–Crippen LogP) is 5.95. The maximum atomic E-state index is 6.03. The fourth-order valence-corrected chi connectivity index (χ4v) is 6.14. The van der Waals surface area contributed by atoms with E-state index in [9.17, 15) is 0 Å². The number of piperazine rings is 1. The van der Waals surface area contributed by atoms with Crippen molar-refractivity contribution in [3.63, 3.8) is 0 Å². The summed E-state index contributed by atoms with van der Waals surface area (Å²) in [6.45, 7) is 19.2. The van der Waals surface area contributed by atoms with E-state index in [2.05, 4.69) is 62.6 Å². The highest BCUT2D eigenvalue weighted by Crippen LogP contribution is 2.53. The zero-order chi connectivity index (χ0) is 22.5. The minimum absolute atomic E-state index is 0.370. The Morgan fingerprint density at radius 1 is 0.968 bits per heavy atom. The van der Waals surface area contributed by atoms with Gasteiger partial charge in [-0.25, -0.2) is 0 Å². The van der Waals surface area contributed by atoms with E-state index in [0.717, 1.165) is 18.8 Å². The monoisotopic (exact) mass is 430 g/mol. The summed E-state index contributed by atoms with van der Waals surface area (Å²) in [4.78, 5) is 5.26. The van der Waals surface area contributed by atoms with Gasteiger partial charge < -0.3 is 14.4 Å². The lowest BCUT2D eigenvalue weighted by Gasteiger charge is -2.46. The lowest BCUT2D eigenvalue weighted by atomic mass is 9.60. The first-order valence-corrected chi connectivity index (χ1v) is 12.5. The van der Waals surface area contributed by atoms with Crippen LogP contribution in [0.2, 0.25) is 0 Å². The van der Waals surface area contributed by atoms with Crippen LogP contribution in [0.1, 0.15) is 78.2 Å². The number of hydrogen-bond acceptors (Lipinski definition) is 4. The third-order valence-electron chi connectivity index (χ3n) is 7.09. The second kappa shape index (κ2) is 10.6. The van der Waals surface area contributed by atoms with Crippen molar-refractivity contribution < 1.29 is 9.47 Å². The molecule has 0 spiro atoms. The van der Waals surface area contributed by atoms with Gasteiger partial charge in [-0.1, -0.05) is 41.0 Å². The van der Waals surface area contributed by atoms with Crippen LogP contribution in [0.3, 0.4) is 0 Å². The minimum atomic E-state index is 0.370. The second-order valence-corrected chi connectivity index (χ2v) is 11.4. The molecule has 1 heterocycles. The summed E-state index contributed by atoms with van der Waals surface area (Å²) >= 11 is 0. The van der Waals surface area contributed by atoms with Crippen molar-refractivity contribution in [2.45, 2.75) is 72.6 Å². The molecule has 1 aromatic carbocycles. The average Bonchev–Trinajstić information content (AvgIpc) is 2.70. The molecule has 2 aliphatic rings. The lowest BCUT2D eigenvalue weighted by Crippen LogP contribution is -2.47. The molecule has 1 aromatic rings. The highest BCUT2D eigenvalue weighted by atomic mass is 16.5. The molecule has 0 aromatic heterocycles. The SMILES string of the molecule is CCCCN1CCN(c2ccc(OCCOC)cc2C2CC(C)(C)CC(C)(C)C2)CC1. The van der Waals surface area contributed by atoms with E-state index in [1.165, 1.54) is 63.0 Å². The molecular weight excluding hydrogens is 384 g/mol. The number of hydrogen-bond donors (Lipinski definition) is 0. The molecule has 4 nitrogen and oxygen atoms in total. The van der Waals surface area contributed by atoms with Gasteiger partial charge >= 0.3 is 0 Å². The predicted molar refractivity (Wildman–Crippen MR) is 132 cm³/mol. The Kier molecular flexibility index (Phi) is 8.31. The molecule has 1 aliphatic heterocycles. The summed E-state index contributed by atoms with van der Waals surface area (Å²) in [5, 5.41) is 0. The molecule has 0 atom stereocenters. The van der Waals surface area contributed by atoms with Crippen molar-refractivity contribution in [2.24, 2.45) is 10.8 Å². The van der Waals surface area contributed by atoms with Crippen LogP contribution in [-0.2, 0) is 4.74 Å². The molecule has 0 N–H and O–H groups in total. The van der Waals surface area contributed by atoms with E-state index in [-0.39, 0.29) is 0 Å². The fraction of sp³-hybridized carbons (Fsp3) is 0.778. The van der Waals surface area contributed by atoms with Crippen molar-refractivity contribution in [1.29, 1.82) is 0 Å². The zero-order valence-electron chi connectivity index (χ0n) is 21.0. The third-order valence-corrected chi connectivity index (χ3v) is 7.09. The Bertz CT molecular complexity index is 676. The van der Waals surface area contributed by atoms with Gasteiger partial charge in [-0.15, -0.1) is 0 Å². The van der Waals surface area contributed by atoms with E-state index in [4.69, 9.17) is 9.47 Å². The summed E-state index contributed by atoms with van der Waals surface area (Å²) in [5.74, 6) is 1.57. The summed E-state index contributed by atoms with van der Waals surface area (Å²) in [6.07, 6.45) is 6.39. The van der Waals surface area contributed by atoms with Gasteiger partial charge in [-0.2, -0.15) is 0 Å². The maximum absolute atomic E-state index is 6.03. The Hall–Kier alpha value is -1.26. The largest absolute Gasteiger partial charge is 0.491 e. The van der Waals surface area contributed by atoms with Crippen molar-refractivity contribution in [3.05, 3.63) is 23.8 Å². The Labute approximate surface area is 191 Å². The first-order valence-electron chi connectivity index (χ1n) is 12.5. The van der Waals surface area contributed by atoms with Crippen LogP contribution in [0.4, 0.5) is 5.69 Å². The normalized spacial score (nSPS) is 21.9. The number of rotatable bonds is 9. The zero-order valence-corrected chi connectivity index (χ0v) is 21.0. The van der Waals surface area contributed by atoms with E-state index in [1.807, 2.05) is 0 Å². The van der Waals surface area contributed by atoms with Gasteiger partial charge in [-0.3, -0.25) is 4.90 Å². The fourth-order valence-electron chi connectivity index (χ4n) is 6.14. The van der Waals surface area contributed by atoms with Gasteiger partial charge in [0.05, 0.1) is 6.61 Å². The lowest BCUT2D eigenvalue weighted by molar-refractivity contribution is 0.0968. The second-order valence-electron chi connectivity index (χ2n) is 11.4. The van der Waals surface area contributed by atoms with Gasteiger partial charge in [0.2, 0.25) is 0 Å². The first kappa shape index (κ1) is 24.4. The van der Waals surface area contributed by atoms with Crippen molar-refractivity contribution in [1.82, 2.24) is 4.90 Å². The molecule has 4 heteroatoms. The van der Waals surface area contributed by atoms with Gasteiger partial charge in [0.15, 0.2) is 0 Å². The van der Waals surface area contributed by atoms with Crippen molar-refractivity contribution in [3.8, 4) is 5.75 Å². The number of nitrogens with zero attached hydrogens (tertiary/aromatic N) is 2. The highest BCUT2D eigenvalue weighted by Gasteiger charge is 2.40. The Morgan fingerprint density at radius 3 is 2.26 bits per heavy atom. The molecule has 176 valence electrons. The van der Waals surface area contributed by atoms with Crippen LogP contribution in [0.5, 0.6) is 5.75 Å². The number of anilines is 1. The van der Waals surface area contributed by atoms with Crippen molar-refractivity contribution >= 4 is 5.69 Å². The smallest absolute Gasteiger partial charge is 0.119 e. The molecule has 1 saturated heterocycles. The number of methoxy groups -OCH3 is 1.